The van der Waals surface area contributed by atoms with Crippen LogP contribution < -0.4 is 5.32 Å². The molecule has 2 aromatic rings. The van der Waals surface area contributed by atoms with Crippen LogP contribution in [0.25, 0.3) is 0 Å². The van der Waals surface area contributed by atoms with Gasteiger partial charge in [-0.3, -0.25) is 29.1 Å². The molecule has 1 atom stereocenters. The van der Waals surface area contributed by atoms with E-state index in [2.05, 4.69) is 51.5 Å². The normalized spacial score (nSPS) is 17.7. The van der Waals surface area contributed by atoms with Gasteiger partial charge >= 0.3 is 0 Å². The lowest BCUT2D eigenvalue weighted by atomic mass is 9.96. The van der Waals surface area contributed by atoms with Gasteiger partial charge in [-0.1, -0.05) is 54.1 Å². The summed E-state index contributed by atoms with van der Waals surface area (Å²) in [5, 5.41) is 3.31. The predicted octanol–water partition coefficient (Wildman–Crippen LogP) is 2.45. The van der Waals surface area contributed by atoms with Crippen LogP contribution in [0, 0.1) is 0 Å². The van der Waals surface area contributed by atoms with Crippen molar-refractivity contribution in [3.63, 3.8) is 0 Å². The summed E-state index contributed by atoms with van der Waals surface area (Å²) in [6.07, 6.45) is 1.23. The molecule has 0 bridgehead atoms. The van der Waals surface area contributed by atoms with Crippen molar-refractivity contribution in [3.05, 3.63) is 82.6 Å². The Morgan fingerprint density at radius 3 is 2.31 bits per heavy atom. The first-order valence-corrected chi connectivity index (χ1v) is 12.5. The molecular formula is C27H31ClN4O4. The minimum absolute atomic E-state index is 0.0633. The summed E-state index contributed by atoms with van der Waals surface area (Å²) in [5.74, 6) is -1.01. The molecule has 1 saturated heterocycles. The molecule has 2 aliphatic rings. The standard InChI is InChI=1S/C27H31ClN4O4/c1-20(33)29-11-12-32-25(34)19-24(27(32)35)36-18-17-30-13-15-31(16-14-30)26(21-5-3-2-4-6-21)22-7-9-23(28)10-8-22/h2-10,19,26H,11-18H2,1H3,(H,29,33). The number of imide groups is 1. The lowest BCUT2D eigenvalue weighted by Gasteiger charge is -2.39. The van der Waals surface area contributed by atoms with E-state index in [4.69, 9.17) is 16.3 Å². The van der Waals surface area contributed by atoms with Crippen LogP contribution in [0.2, 0.25) is 5.02 Å². The maximum atomic E-state index is 12.5. The molecule has 1 fully saturated rings. The summed E-state index contributed by atoms with van der Waals surface area (Å²) >= 11 is 6.13. The second kappa shape index (κ2) is 12.2. The highest BCUT2D eigenvalue weighted by atomic mass is 35.5. The van der Waals surface area contributed by atoms with Crippen molar-refractivity contribution in [2.24, 2.45) is 0 Å². The first-order chi connectivity index (χ1) is 17.4. The first-order valence-electron chi connectivity index (χ1n) is 12.1. The Morgan fingerprint density at radius 2 is 1.64 bits per heavy atom. The zero-order chi connectivity index (χ0) is 25.5. The highest BCUT2D eigenvalue weighted by Crippen LogP contribution is 2.30. The van der Waals surface area contributed by atoms with E-state index in [0.717, 1.165) is 36.1 Å². The number of hydrogen-bond donors (Lipinski definition) is 1. The van der Waals surface area contributed by atoms with Crippen molar-refractivity contribution >= 4 is 29.3 Å². The number of ether oxygens (including phenoxy) is 1. The van der Waals surface area contributed by atoms with Gasteiger partial charge in [-0.05, 0) is 23.3 Å². The Hall–Kier alpha value is -3.20. The molecule has 1 N–H and O–H groups in total. The molecule has 0 radical (unpaired) electrons. The number of nitrogens with zero attached hydrogens (tertiary/aromatic N) is 3. The van der Waals surface area contributed by atoms with Gasteiger partial charge in [0.15, 0.2) is 5.76 Å². The van der Waals surface area contributed by atoms with Gasteiger partial charge in [-0.2, -0.15) is 0 Å². The van der Waals surface area contributed by atoms with Crippen molar-refractivity contribution in [1.29, 1.82) is 0 Å². The summed E-state index contributed by atoms with van der Waals surface area (Å²) in [6, 6.07) is 18.7. The van der Waals surface area contributed by atoms with Gasteiger partial charge in [0.1, 0.15) is 6.61 Å². The molecule has 2 aromatic carbocycles. The molecule has 36 heavy (non-hydrogen) atoms. The highest BCUT2D eigenvalue weighted by molar-refractivity contribution is 6.30. The quantitative estimate of drug-likeness (QED) is 0.494. The van der Waals surface area contributed by atoms with Crippen molar-refractivity contribution in [2.45, 2.75) is 13.0 Å². The molecule has 0 aromatic heterocycles. The summed E-state index contributed by atoms with van der Waals surface area (Å²) in [4.78, 5) is 41.4. The van der Waals surface area contributed by atoms with Crippen LogP contribution in [0.1, 0.15) is 24.1 Å². The Labute approximate surface area is 216 Å². The fourth-order valence-corrected chi connectivity index (χ4v) is 4.69. The third-order valence-electron chi connectivity index (χ3n) is 6.42. The van der Waals surface area contributed by atoms with Gasteiger partial charge in [-0.25, -0.2) is 0 Å². The summed E-state index contributed by atoms with van der Waals surface area (Å²) < 4.78 is 5.66. The van der Waals surface area contributed by atoms with Crippen LogP contribution in [-0.4, -0.2) is 84.8 Å². The molecule has 190 valence electrons. The van der Waals surface area contributed by atoms with E-state index in [1.165, 1.54) is 24.1 Å². The molecule has 0 aliphatic carbocycles. The Morgan fingerprint density at radius 1 is 0.972 bits per heavy atom. The van der Waals surface area contributed by atoms with Crippen molar-refractivity contribution < 1.29 is 19.1 Å². The van der Waals surface area contributed by atoms with Crippen LogP contribution in [0.3, 0.4) is 0 Å². The molecule has 0 saturated carbocycles. The van der Waals surface area contributed by atoms with Crippen LogP contribution in [-0.2, 0) is 19.1 Å². The number of benzene rings is 2. The van der Waals surface area contributed by atoms with Crippen LogP contribution >= 0.6 is 11.6 Å². The molecular weight excluding hydrogens is 480 g/mol. The minimum atomic E-state index is -0.455. The molecule has 2 aliphatic heterocycles. The van der Waals surface area contributed by atoms with Gasteiger partial charge in [-0.15, -0.1) is 0 Å². The molecule has 9 heteroatoms. The number of amides is 3. The molecule has 2 heterocycles. The van der Waals surface area contributed by atoms with E-state index in [1.807, 2.05) is 18.2 Å². The van der Waals surface area contributed by atoms with E-state index < -0.39 is 11.8 Å². The van der Waals surface area contributed by atoms with E-state index in [9.17, 15) is 14.4 Å². The van der Waals surface area contributed by atoms with Gasteiger partial charge in [0.05, 0.1) is 12.1 Å². The van der Waals surface area contributed by atoms with Crippen LogP contribution in [0.15, 0.2) is 66.4 Å². The van der Waals surface area contributed by atoms with Gasteiger partial charge in [0.2, 0.25) is 5.91 Å². The maximum absolute atomic E-state index is 12.5. The largest absolute Gasteiger partial charge is 0.486 e. The summed E-state index contributed by atoms with van der Waals surface area (Å²) in [5.41, 5.74) is 2.46. The molecule has 4 rings (SSSR count). The monoisotopic (exact) mass is 510 g/mol. The predicted molar refractivity (Wildman–Crippen MR) is 137 cm³/mol. The number of carbonyl (C=O) groups excluding carboxylic acids is 3. The van der Waals surface area contributed by atoms with Crippen molar-refractivity contribution in [2.75, 3.05) is 52.4 Å². The van der Waals surface area contributed by atoms with Crippen molar-refractivity contribution in [3.8, 4) is 0 Å². The fourth-order valence-electron chi connectivity index (χ4n) is 4.57. The Bertz CT molecular complexity index is 1100. The average molecular weight is 511 g/mol. The maximum Gasteiger partial charge on any atom is 0.296 e. The number of halogens is 1. The SMILES string of the molecule is CC(=O)NCCN1C(=O)C=C(OCCN2CCN(C(c3ccccc3)c3ccc(Cl)cc3)CC2)C1=O. The minimum Gasteiger partial charge on any atom is -0.486 e. The highest BCUT2D eigenvalue weighted by Gasteiger charge is 2.32. The Kier molecular flexibility index (Phi) is 8.74. The van der Waals surface area contributed by atoms with Gasteiger partial charge in [0.25, 0.3) is 11.8 Å². The molecule has 8 nitrogen and oxygen atoms in total. The van der Waals surface area contributed by atoms with Crippen LogP contribution in [0.5, 0.6) is 0 Å². The van der Waals surface area contributed by atoms with E-state index >= 15 is 0 Å². The number of piperazine rings is 1. The van der Waals surface area contributed by atoms with E-state index in [1.54, 1.807) is 0 Å². The third kappa shape index (κ3) is 6.51. The average Bonchev–Trinajstić information content (AvgIpc) is 3.14. The molecule has 1 unspecified atom stereocenters. The zero-order valence-electron chi connectivity index (χ0n) is 20.4. The number of rotatable bonds is 10. The van der Waals surface area contributed by atoms with Crippen LogP contribution in [0.4, 0.5) is 0 Å². The number of carbonyl (C=O) groups is 3. The Balaban J connectivity index is 1.27. The van der Waals surface area contributed by atoms with Gasteiger partial charge < -0.3 is 10.1 Å². The summed E-state index contributed by atoms with van der Waals surface area (Å²) in [7, 11) is 0. The van der Waals surface area contributed by atoms with Gasteiger partial charge in [0, 0.05) is 57.8 Å². The fraction of sp³-hybridized carbons (Fsp3) is 0.370. The number of hydrogen-bond acceptors (Lipinski definition) is 6. The molecule has 3 amide bonds. The lowest BCUT2D eigenvalue weighted by molar-refractivity contribution is -0.139. The van der Waals surface area contributed by atoms with E-state index in [-0.39, 0.29) is 30.8 Å². The molecule has 0 spiro atoms. The second-order valence-corrected chi connectivity index (χ2v) is 9.31. The smallest absolute Gasteiger partial charge is 0.296 e. The topological polar surface area (TPSA) is 82.2 Å². The lowest BCUT2D eigenvalue weighted by Crippen LogP contribution is -2.48. The third-order valence-corrected chi connectivity index (χ3v) is 6.68. The van der Waals surface area contributed by atoms with E-state index in [0.29, 0.717) is 13.2 Å². The second-order valence-electron chi connectivity index (χ2n) is 8.88. The zero-order valence-corrected chi connectivity index (χ0v) is 21.1. The first kappa shape index (κ1) is 25.9. The number of nitrogens with one attached hydrogen (secondary N) is 1. The summed E-state index contributed by atoms with van der Waals surface area (Å²) in [6.45, 7) is 6.23. The van der Waals surface area contributed by atoms with Crippen molar-refractivity contribution in [1.82, 2.24) is 20.0 Å².